The molecular weight excluding hydrogens is 318 g/mol. The Labute approximate surface area is 145 Å². The van der Waals surface area contributed by atoms with E-state index in [-0.39, 0.29) is 17.5 Å². The number of nitrogens with zero attached hydrogens (tertiary/aromatic N) is 4. The molecule has 0 aliphatic rings. The third kappa shape index (κ3) is 3.88. The van der Waals surface area contributed by atoms with Gasteiger partial charge in [-0.15, -0.1) is 0 Å². The molecule has 1 aromatic carbocycles. The van der Waals surface area contributed by atoms with E-state index in [9.17, 15) is 4.79 Å². The van der Waals surface area contributed by atoms with Crippen molar-refractivity contribution in [2.75, 3.05) is 0 Å². The zero-order valence-corrected chi connectivity index (χ0v) is 14.3. The second-order valence-electron chi connectivity index (χ2n) is 6.06. The number of rotatable bonds is 5. The van der Waals surface area contributed by atoms with Crippen molar-refractivity contribution in [3.8, 4) is 11.4 Å². The Morgan fingerprint density at radius 2 is 1.88 bits per heavy atom. The predicted octanol–water partition coefficient (Wildman–Crippen LogP) is 2.96. The molecule has 0 fully saturated rings. The summed E-state index contributed by atoms with van der Waals surface area (Å²) in [5, 5.41) is 6.91. The second-order valence-corrected chi connectivity index (χ2v) is 6.06. The van der Waals surface area contributed by atoms with Crippen molar-refractivity contribution in [1.82, 2.24) is 25.4 Å². The molecule has 25 heavy (non-hydrogen) atoms. The van der Waals surface area contributed by atoms with Crippen LogP contribution in [0.3, 0.4) is 0 Å². The fourth-order valence-corrected chi connectivity index (χ4v) is 2.30. The maximum absolute atomic E-state index is 12.4. The molecule has 1 unspecified atom stereocenters. The number of hydrogen-bond donors (Lipinski definition) is 1. The van der Waals surface area contributed by atoms with Crippen LogP contribution in [-0.4, -0.2) is 26.0 Å². The number of hydrogen-bond acceptors (Lipinski definition) is 6. The number of amides is 1. The predicted molar refractivity (Wildman–Crippen MR) is 91.5 cm³/mol. The van der Waals surface area contributed by atoms with Gasteiger partial charge in [-0.05, 0) is 12.8 Å². The zero-order valence-electron chi connectivity index (χ0n) is 14.3. The first-order valence-electron chi connectivity index (χ1n) is 8.03. The Bertz CT molecular complexity index is 843. The molecule has 0 bridgehead atoms. The van der Waals surface area contributed by atoms with Crippen LogP contribution in [-0.2, 0) is 0 Å². The minimum absolute atomic E-state index is 0.0615. The van der Waals surface area contributed by atoms with Gasteiger partial charge in [0.15, 0.2) is 0 Å². The molecule has 0 radical (unpaired) electrons. The largest absolute Gasteiger partial charge is 0.339 e. The summed E-state index contributed by atoms with van der Waals surface area (Å²) in [6.07, 6.45) is 3.00. The maximum Gasteiger partial charge on any atom is 0.272 e. The summed E-state index contributed by atoms with van der Waals surface area (Å²) in [6, 6.07) is 9.12. The second kappa shape index (κ2) is 7.21. The number of benzene rings is 1. The molecule has 1 amide bonds. The first-order valence-corrected chi connectivity index (χ1v) is 8.03. The Morgan fingerprint density at radius 3 is 2.52 bits per heavy atom. The molecule has 2 heterocycles. The van der Waals surface area contributed by atoms with Gasteiger partial charge in [0.2, 0.25) is 11.7 Å². The van der Waals surface area contributed by atoms with Crippen molar-refractivity contribution < 1.29 is 9.32 Å². The van der Waals surface area contributed by atoms with Crippen molar-refractivity contribution in [2.24, 2.45) is 5.92 Å². The van der Waals surface area contributed by atoms with Crippen molar-refractivity contribution in [1.29, 1.82) is 0 Å². The molecule has 0 spiro atoms. The molecule has 3 rings (SSSR count). The zero-order chi connectivity index (χ0) is 17.8. The first-order chi connectivity index (χ1) is 12.0. The number of carbonyl (C=O) groups is 1. The van der Waals surface area contributed by atoms with E-state index in [4.69, 9.17) is 4.52 Å². The van der Waals surface area contributed by atoms with Gasteiger partial charge in [-0.1, -0.05) is 49.3 Å². The minimum atomic E-state index is -0.416. The highest BCUT2D eigenvalue weighted by atomic mass is 16.5. The van der Waals surface area contributed by atoms with E-state index in [1.165, 1.54) is 6.20 Å². The highest BCUT2D eigenvalue weighted by molar-refractivity contribution is 5.92. The third-order valence-electron chi connectivity index (χ3n) is 3.71. The molecule has 3 aromatic rings. The molecule has 1 N–H and O–H groups in total. The molecule has 7 heteroatoms. The molecule has 0 saturated heterocycles. The Hall–Kier alpha value is -3.09. The van der Waals surface area contributed by atoms with Gasteiger partial charge in [0.1, 0.15) is 11.7 Å². The van der Waals surface area contributed by atoms with Crippen LogP contribution in [0.1, 0.15) is 42.0 Å². The Balaban J connectivity index is 1.81. The van der Waals surface area contributed by atoms with Crippen molar-refractivity contribution >= 4 is 5.91 Å². The summed E-state index contributed by atoms with van der Waals surface area (Å²) in [4.78, 5) is 25.0. The number of carbonyl (C=O) groups excluding carboxylic acids is 1. The van der Waals surface area contributed by atoms with E-state index >= 15 is 0 Å². The standard InChI is InChI=1S/C18H19N5O2/c1-11(2)15(21-17(24)14-10-19-12(3)9-20-14)18-22-16(23-25-18)13-7-5-4-6-8-13/h4-11,15H,1-3H3,(H,21,24). The van der Waals surface area contributed by atoms with Gasteiger partial charge in [-0.2, -0.15) is 4.98 Å². The van der Waals surface area contributed by atoms with Crippen molar-refractivity contribution in [2.45, 2.75) is 26.8 Å². The minimum Gasteiger partial charge on any atom is -0.339 e. The van der Waals surface area contributed by atoms with Gasteiger partial charge < -0.3 is 9.84 Å². The van der Waals surface area contributed by atoms with Crippen LogP contribution in [0, 0.1) is 12.8 Å². The molecule has 0 saturated carbocycles. The molecule has 2 aromatic heterocycles. The van der Waals surface area contributed by atoms with Gasteiger partial charge in [0.25, 0.3) is 5.91 Å². The molecule has 7 nitrogen and oxygen atoms in total. The summed E-state index contributed by atoms with van der Waals surface area (Å²) < 4.78 is 5.39. The van der Waals surface area contributed by atoms with Crippen LogP contribution >= 0.6 is 0 Å². The van der Waals surface area contributed by atoms with E-state index in [1.807, 2.05) is 51.1 Å². The van der Waals surface area contributed by atoms with Crippen LogP contribution in [0.4, 0.5) is 0 Å². The molecule has 128 valence electrons. The summed E-state index contributed by atoms with van der Waals surface area (Å²) in [5.74, 6) is 0.588. The summed E-state index contributed by atoms with van der Waals surface area (Å²) in [5.41, 5.74) is 1.86. The number of aromatic nitrogens is 4. The highest BCUT2D eigenvalue weighted by Gasteiger charge is 2.25. The molecule has 1 atom stereocenters. The molecule has 0 aliphatic carbocycles. The van der Waals surface area contributed by atoms with Crippen LogP contribution < -0.4 is 5.32 Å². The van der Waals surface area contributed by atoms with Gasteiger partial charge in [-0.25, -0.2) is 4.98 Å². The summed E-state index contributed by atoms with van der Waals surface area (Å²) in [7, 11) is 0. The van der Waals surface area contributed by atoms with E-state index in [1.54, 1.807) is 6.20 Å². The lowest BCUT2D eigenvalue weighted by atomic mass is 10.0. The van der Waals surface area contributed by atoms with Crippen molar-refractivity contribution in [3.05, 3.63) is 60.0 Å². The normalized spacial score (nSPS) is 12.2. The van der Waals surface area contributed by atoms with Gasteiger partial charge >= 0.3 is 0 Å². The fraction of sp³-hybridized carbons (Fsp3) is 0.278. The van der Waals surface area contributed by atoms with Crippen molar-refractivity contribution in [3.63, 3.8) is 0 Å². The van der Waals surface area contributed by atoms with Crippen LogP contribution in [0.2, 0.25) is 0 Å². The average Bonchev–Trinajstić information content (AvgIpc) is 3.10. The van der Waals surface area contributed by atoms with Gasteiger partial charge in [0.05, 0.1) is 11.9 Å². The van der Waals surface area contributed by atoms with E-state index in [0.717, 1.165) is 11.3 Å². The summed E-state index contributed by atoms with van der Waals surface area (Å²) in [6.45, 7) is 5.76. The highest BCUT2D eigenvalue weighted by Crippen LogP contribution is 2.23. The molecule has 0 aliphatic heterocycles. The smallest absolute Gasteiger partial charge is 0.272 e. The SMILES string of the molecule is Cc1cnc(C(=O)NC(c2nc(-c3ccccc3)no2)C(C)C)cn1. The quantitative estimate of drug-likeness (QED) is 0.769. The van der Waals surface area contributed by atoms with Gasteiger partial charge in [-0.3, -0.25) is 9.78 Å². The lowest BCUT2D eigenvalue weighted by Gasteiger charge is -2.18. The van der Waals surface area contributed by atoms with Crippen LogP contribution in [0.15, 0.2) is 47.2 Å². The first kappa shape index (κ1) is 16.8. The maximum atomic E-state index is 12.4. The fourth-order valence-electron chi connectivity index (χ4n) is 2.30. The Morgan fingerprint density at radius 1 is 1.12 bits per heavy atom. The average molecular weight is 337 g/mol. The van der Waals surface area contributed by atoms with E-state index < -0.39 is 6.04 Å². The topological polar surface area (TPSA) is 93.8 Å². The number of aryl methyl sites for hydroxylation is 1. The number of nitrogens with one attached hydrogen (secondary N) is 1. The van der Waals surface area contributed by atoms with E-state index in [0.29, 0.717) is 11.7 Å². The Kier molecular flexibility index (Phi) is 4.83. The van der Waals surface area contributed by atoms with Crippen LogP contribution in [0.5, 0.6) is 0 Å². The molecular formula is C18H19N5O2. The van der Waals surface area contributed by atoms with Crippen LogP contribution in [0.25, 0.3) is 11.4 Å². The monoisotopic (exact) mass is 337 g/mol. The van der Waals surface area contributed by atoms with Gasteiger partial charge in [0, 0.05) is 11.8 Å². The van der Waals surface area contributed by atoms with E-state index in [2.05, 4.69) is 25.4 Å². The third-order valence-corrected chi connectivity index (χ3v) is 3.71. The lowest BCUT2D eigenvalue weighted by Crippen LogP contribution is -2.32. The lowest BCUT2D eigenvalue weighted by molar-refractivity contribution is 0.0908. The summed E-state index contributed by atoms with van der Waals surface area (Å²) >= 11 is 0.